The zero-order chi connectivity index (χ0) is 15.9. The zero-order valence-corrected chi connectivity index (χ0v) is 13.6. The Hall–Kier alpha value is -2.04. The standard InChI is InChI=1S/C15H19N5OS/c1-19-6-8-20(9-7-19)14(21)12-4-3-5-13(10-12)18-15(22-2)17-11-16/h3-5,10H,6-9H2,1-2H3,(H,17,18). The molecule has 0 aromatic heterocycles. The Balaban J connectivity index is 2.14. The van der Waals surface area contributed by atoms with E-state index in [1.54, 1.807) is 12.1 Å². The number of amides is 1. The van der Waals surface area contributed by atoms with Crippen LogP contribution in [0.25, 0.3) is 0 Å². The molecule has 0 saturated carbocycles. The molecule has 1 heterocycles. The fourth-order valence-corrected chi connectivity index (χ4v) is 2.53. The van der Waals surface area contributed by atoms with Crippen molar-refractivity contribution in [3.63, 3.8) is 0 Å². The van der Waals surface area contributed by atoms with E-state index in [0.717, 1.165) is 26.2 Å². The highest BCUT2D eigenvalue weighted by Crippen LogP contribution is 2.18. The van der Waals surface area contributed by atoms with Crippen molar-refractivity contribution in [1.82, 2.24) is 15.1 Å². The van der Waals surface area contributed by atoms with Gasteiger partial charge in [-0.05, 0) is 31.5 Å². The van der Waals surface area contributed by atoms with Crippen molar-refractivity contribution in [1.29, 1.82) is 5.26 Å². The normalized spacial score (nSPS) is 16.2. The summed E-state index contributed by atoms with van der Waals surface area (Å²) in [5, 5.41) is 11.7. The number of benzene rings is 1. The van der Waals surface area contributed by atoms with Crippen molar-refractivity contribution in [3.8, 4) is 6.19 Å². The minimum Gasteiger partial charge on any atom is -0.336 e. The number of nitriles is 1. The molecule has 7 heteroatoms. The van der Waals surface area contributed by atoms with Crippen molar-refractivity contribution in [3.05, 3.63) is 29.8 Å². The van der Waals surface area contributed by atoms with Crippen molar-refractivity contribution in [2.45, 2.75) is 0 Å². The lowest BCUT2D eigenvalue weighted by Crippen LogP contribution is -2.47. The van der Waals surface area contributed by atoms with E-state index in [9.17, 15) is 4.79 Å². The van der Waals surface area contributed by atoms with Crippen LogP contribution in [0.3, 0.4) is 0 Å². The van der Waals surface area contributed by atoms with Crippen LogP contribution in [0.1, 0.15) is 10.4 Å². The van der Waals surface area contributed by atoms with Gasteiger partial charge in [-0.2, -0.15) is 5.26 Å². The number of piperazine rings is 1. The Bertz CT molecular complexity index is 602. The molecule has 0 bridgehead atoms. The summed E-state index contributed by atoms with van der Waals surface area (Å²) in [7, 11) is 2.06. The quantitative estimate of drug-likeness (QED) is 0.387. The number of carbonyl (C=O) groups excluding carboxylic acids is 1. The van der Waals surface area contributed by atoms with Crippen molar-refractivity contribution < 1.29 is 4.79 Å². The van der Waals surface area contributed by atoms with Crippen LogP contribution in [-0.4, -0.2) is 60.4 Å². The summed E-state index contributed by atoms with van der Waals surface area (Å²) in [6.07, 6.45) is 3.69. The number of thioether (sulfide) groups is 1. The lowest BCUT2D eigenvalue weighted by Gasteiger charge is -2.32. The molecule has 6 nitrogen and oxygen atoms in total. The molecule has 1 aromatic rings. The molecule has 0 spiro atoms. The van der Waals surface area contributed by atoms with Gasteiger partial charge >= 0.3 is 0 Å². The first-order chi connectivity index (χ1) is 10.6. The number of nitrogens with zero attached hydrogens (tertiary/aromatic N) is 4. The first-order valence-electron chi connectivity index (χ1n) is 6.99. The highest BCUT2D eigenvalue weighted by Gasteiger charge is 2.20. The second-order valence-electron chi connectivity index (χ2n) is 5.00. The van der Waals surface area contributed by atoms with Crippen molar-refractivity contribution in [2.75, 3.05) is 39.5 Å². The molecule has 0 radical (unpaired) electrons. The van der Waals surface area contributed by atoms with Gasteiger partial charge in [0.25, 0.3) is 5.91 Å². The van der Waals surface area contributed by atoms with E-state index in [1.165, 1.54) is 11.8 Å². The number of nitrogens with one attached hydrogen (secondary N) is 1. The summed E-state index contributed by atoms with van der Waals surface area (Å²) in [4.78, 5) is 20.9. The molecule has 0 aliphatic carbocycles. The minimum atomic E-state index is 0.0316. The van der Waals surface area contributed by atoms with Gasteiger partial charge in [-0.15, -0.1) is 0 Å². The second kappa shape index (κ2) is 7.82. The fourth-order valence-electron chi connectivity index (χ4n) is 2.19. The highest BCUT2D eigenvalue weighted by atomic mass is 32.2. The lowest BCUT2D eigenvalue weighted by molar-refractivity contribution is 0.0664. The van der Waals surface area contributed by atoms with Gasteiger partial charge in [-0.3, -0.25) is 10.1 Å². The van der Waals surface area contributed by atoms with E-state index in [-0.39, 0.29) is 5.91 Å². The Labute approximate surface area is 134 Å². The number of aliphatic imine (C=N–C) groups is 1. The maximum Gasteiger partial charge on any atom is 0.254 e. The summed E-state index contributed by atoms with van der Waals surface area (Å²) in [6.45, 7) is 3.28. The van der Waals surface area contributed by atoms with Crippen LogP contribution in [0.5, 0.6) is 0 Å². The highest BCUT2D eigenvalue weighted by molar-refractivity contribution is 8.13. The third-order valence-corrected chi connectivity index (χ3v) is 4.05. The summed E-state index contributed by atoms with van der Waals surface area (Å²) in [5.74, 6) is 0.0316. The average Bonchev–Trinajstić information content (AvgIpc) is 2.55. The molecule has 116 valence electrons. The monoisotopic (exact) mass is 317 g/mol. The van der Waals surface area contributed by atoms with Crippen LogP contribution in [0, 0.1) is 11.5 Å². The predicted octanol–water partition coefficient (Wildman–Crippen LogP) is 1.50. The van der Waals surface area contributed by atoms with Crippen LogP contribution in [0.15, 0.2) is 29.3 Å². The maximum absolute atomic E-state index is 12.5. The van der Waals surface area contributed by atoms with Gasteiger partial charge in [0.1, 0.15) is 0 Å². The number of likely N-dealkylation sites (N-methyl/N-ethyl adjacent to an activating group) is 1. The van der Waals surface area contributed by atoms with Gasteiger partial charge in [0.2, 0.25) is 0 Å². The van der Waals surface area contributed by atoms with Gasteiger partial charge in [-0.25, -0.2) is 4.99 Å². The molecular weight excluding hydrogens is 298 g/mol. The number of rotatable bonds is 2. The van der Waals surface area contributed by atoms with E-state index in [4.69, 9.17) is 5.26 Å². The molecule has 1 saturated heterocycles. The van der Waals surface area contributed by atoms with Crippen LogP contribution in [0.2, 0.25) is 0 Å². The molecule has 1 aliphatic rings. The van der Waals surface area contributed by atoms with Crippen LogP contribution in [0.4, 0.5) is 5.69 Å². The summed E-state index contributed by atoms with van der Waals surface area (Å²) >= 11 is 1.35. The Morgan fingerprint density at radius 2 is 2.09 bits per heavy atom. The molecule has 1 fully saturated rings. The van der Waals surface area contributed by atoms with E-state index in [0.29, 0.717) is 16.4 Å². The SMILES string of the molecule is CSC(=Nc1cccc(C(=O)N2CCN(C)CC2)c1)NC#N. The summed E-state index contributed by atoms with van der Waals surface area (Å²) < 4.78 is 0. The topological polar surface area (TPSA) is 71.7 Å². The molecule has 1 aliphatic heterocycles. The van der Waals surface area contributed by atoms with Crippen molar-refractivity contribution >= 4 is 28.5 Å². The average molecular weight is 317 g/mol. The second-order valence-corrected chi connectivity index (χ2v) is 5.80. The zero-order valence-electron chi connectivity index (χ0n) is 12.7. The molecule has 2 rings (SSSR count). The first-order valence-corrected chi connectivity index (χ1v) is 8.22. The molecule has 1 N–H and O–H groups in total. The van der Waals surface area contributed by atoms with Gasteiger partial charge < -0.3 is 9.80 Å². The molecular formula is C15H19N5OS. The lowest BCUT2D eigenvalue weighted by atomic mass is 10.1. The van der Waals surface area contributed by atoms with Crippen LogP contribution < -0.4 is 5.32 Å². The largest absolute Gasteiger partial charge is 0.336 e. The molecule has 1 amide bonds. The third kappa shape index (κ3) is 4.23. The summed E-state index contributed by atoms with van der Waals surface area (Å²) in [5.41, 5.74) is 1.29. The van der Waals surface area contributed by atoms with E-state index < -0.39 is 0 Å². The Morgan fingerprint density at radius 3 is 2.73 bits per heavy atom. The third-order valence-electron chi connectivity index (χ3n) is 3.47. The predicted molar refractivity (Wildman–Crippen MR) is 89.2 cm³/mol. The number of hydrogen-bond donors (Lipinski definition) is 1. The number of carbonyl (C=O) groups is 1. The van der Waals surface area contributed by atoms with Gasteiger partial charge in [-0.1, -0.05) is 17.8 Å². The molecule has 0 unspecified atom stereocenters. The van der Waals surface area contributed by atoms with Crippen LogP contribution in [-0.2, 0) is 0 Å². The minimum absolute atomic E-state index is 0.0316. The van der Waals surface area contributed by atoms with Gasteiger partial charge in [0.05, 0.1) is 5.69 Å². The molecule has 22 heavy (non-hydrogen) atoms. The molecule has 0 atom stereocenters. The fraction of sp³-hybridized carbons (Fsp3) is 0.400. The number of amidine groups is 1. The van der Waals surface area contributed by atoms with E-state index in [2.05, 4.69) is 22.3 Å². The number of hydrogen-bond acceptors (Lipinski definition) is 5. The van der Waals surface area contributed by atoms with Gasteiger partial charge in [0, 0.05) is 31.7 Å². The smallest absolute Gasteiger partial charge is 0.254 e. The maximum atomic E-state index is 12.5. The van der Waals surface area contributed by atoms with Gasteiger partial charge in [0.15, 0.2) is 11.4 Å². The van der Waals surface area contributed by atoms with E-state index in [1.807, 2.05) is 29.5 Å². The van der Waals surface area contributed by atoms with Crippen LogP contribution >= 0.6 is 11.8 Å². The summed E-state index contributed by atoms with van der Waals surface area (Å²) in [6, 6.07) is 7.19. The Kier molecular flexibility index (Phi) is 5.81. The Morgan fingerprint density at radius 1 is 1.36 bits per heavy atom. The first kappa shape index (κ1) is 16.3. The van der Waals surface area contributed by atoms with E-state index >= 15 is 0 Å². The van der Waals surface area contributed by atoms with Crippen molar-refractivity contribution in [2.24, 2.45) is 4.99 Å². The molecule has 1 aromatic carbocycles.